The van der Waals surface area contributed by atoms with Gasteiger partial charge in [0.15, 0.2) is 5.82 Å². The molecule has 13 nitrogen and oxygen atoms in total. The van der Waals surface area contributed by atoms with Gasteiger partial charge in [-0.05, 0) is 37.7 Å². The summed E-state index contributed by atoms with van der Waals surface area (Å²) < 4.78 is 39.3. The number of carbonyl (C=O) groups excluding carboxylic acids is 1. The van der Waals surface area contributed by atoms with E-state index in [2.05, 4.69) is 50.0 Å². The highest BCUT2D eigenvalue weighted by atomic mass is 32.2. The van der Waals surface area contributed by atoms with Crippen LogP contribution in [0.3, 0.4) is 0 Å². The fourth-order valence-electron chi connectivity index (χ4n) is 4.71. The van der Waals surface area contributed by atoms with Gasteiger partial charge in [-0.2, -0.15) is 23.8 Å². The fraction of sp³-hybridized carbons (Fsp3) is 0.333. The van der Waals surface area contributed by atoms with Gasteiger partial charge in [0.05, 0.1) is 22.8 Å². The quantitative estimate of drug-likeness (QED) is 0.175. The maximum Gasteiger partial charge on any atom is 0.493 e. The second-order valence-corrected chi connectivity index (χ2v) is 10.5. The molecule has 0 saturated heterocycles. The Morgan fingerprint density at radius 1 is 1.12 bits per heavy atom. The monoisotopic (exact) mass is 585 g/mol. The number of fused-ring (bicyclic) bond motifs is 1. The van der Waals surface area contributed by atoms with Crippen molar-refractivity contribution in [2.24, 2.45) is 5.92 Å². The van der Waals surface area contributed by atoms with Crippen molar-refractivity contribution >= 4 is 34.7 Å². The van der Waals surface area contributed by atoms with Gasteiger partial charge in [0.2, 0.25) is 0 Å². The van der Waals surface area contributed by atoms with Crippen LogP contribution in [-0.4, -0.2) is 67.8 Å². The van der Waals surface area contributed by atoms with Gasteiger partial charge in [0.25, 0.3) is 5.95 Å². The average Bonchev–Trinajstić information content (AvgIpc) is 3.77. The summed E-state index contributed by atoms with van der Waals surface area (Å²) in [4.78, 5) is 38.5. The summed E-state index contributed by atoms with van der Waals surface area (Å²) in [5.41, 5.74) is 4.75. The third kappa shape index (κ3) is 5.84. The van der Waals surface area contributed by atoms with E-state index in [9.17, 15) is 18.0 Å². The lowest BCUT2D eigenvalue weighted by atomic mass is 9.87. The number of halogens is 3. The summed E-state index contributed by atoms with van der Waals surface area (Å²) in [5, 5.41) is 13.3. The van der Waals surface area contributed by atoms with E-state index in [1.54, 1.807) is 6.33 Å². The molecule has 5 aromatic heterocycles. The highest BCUT2D eigenvalue weighted by molar-refractivity contribution is 7.99. The third-order valence-corrected chi connectivity index (χ3v) is 8.00. The van der Waals surface area contributed by atoms with E-state index < -0.39 is 12.1 Å². The van der Waals surface area contributed by atoms with Crippen molar-refractivity contribution in [1.29, 1.82) is 0 Å². The SMILES string of the molecule is O=C(ONc1ncc(SC[C@H]2CC[C@@H](n3cc(-c4ncnc5[nH]ccc45)cn3)CC2)c(-c2nnc[nH]2)n1)C(F)(F)F. The minimum atomic E-state index is -5.15. The molecule has 0 amide bonds. The number of aromatic nitrogens is 10. The zero-order chi connectivity index (χ0) is 28.4. The van der Waals surface area contributed by atoms with Gasteiger partial charge in [-0.1, -0.05) is 0 Å². The van der Waals surface area contributed by atoms with Crippen molar-refractivity contribution in [3.05, 3.63) is 43.5 Å². The molecule has 3 N–H and O–H groups in total. The van der Waals surface area contributed by atoms with Crippen LogP contribution < -0.4 is 5.48 Å². The third-order valence-electron chi connectivity index (χ3n) is 6.76. The van der Waals surface area contributed by atoms with E-state index in [1.165, 1.54) is 24.3 Å². The van der Waals surface area contributed by atoms with Crippen LogP contribution in [0.5, 0.6) is 0 Å². The molecule has 0 radical (unpaired) electrons. The highest BCUT2D eigenvalue weighted by Gasteiger charge is 2.41. The number of anilines is 1. The number of H-pyrrole nitrogens is 2. The topological polar surface area (TPSA) is 165 Å². The van der Waals surface area contributed by atoms with Gasteiger partial charge >= 0.3 is 12.1 Å². The normalized spacial score (nSPS) is 17.5. The van der Waals surface area contributed by atoms with Gasteiger partial charge in [-0.3, -0.25) is 4.68 Å². The molecule has 1 fully saturated rings. The number of carbonyl (C=O) groups is 1. The zero-order valence-electron chi connectivity index (χ0n) is 21.2. The highest BCUT2D eigenvalue weighted by Crippen LogP contribution is 2.37. The lowest BCUT2D eigenvalue weighted by molar-refractivity contribution is -0.196. The molecule has 0 aliphatic heterocycles. The molecule has 6 rings (SSSR count). The summed E-state index contributed by atoms with van der Waals surface area (Å²) in [6, 6.07) is 2.24. The predicted octanol–water partition coefficient (Wildman–Crippen LogP) is 4.35. The number of alkyl halides is 3. The Balaban J connectivity index is 1.07. The zero-order valence-corrected chi connectivity index (χ0v) is 22.0. The number of hydrogen-bond acceptors (Lipinski definition) is 11. The second kappa shape index (κ2) is 11.1. The first kappa shape index (κ1) is 26.7. The van der Waals surface area contributed by atoms with Gasteiger partial charge in [-0.15, -0.1) is 22.0 Å². The molecule has 0 bridgehead atoms. The Bertz CT molecular complexity index is 1650. The van der Waals surface area contributed by atoms with Crippen LogP contribution in [0.25, 0.3) is 33.8 Å². The molecule has 0 aromatic carbocycles. The number of nitrogens with one attached hydrogen (secondary N) is 3. The van der Waals surface area contributed by atoms with Crippen LogP contribution in [0.1, 0.15) is 31.7 Å². The number of aromatic amines is 2. The lowest BCUT2D eigenvalue weighted by Crippen LogP contribution is -2.28. The molecule has 0 atom stereocenters. The van der Waals surface area contributed by atoms with Crippen LogP contribution in [0.4, 0.5) is 19.1 Å². The molecule has 212 valence electrons. The number of nitrogens with zero attached hydrogens (tertiary/aromatic N) is 8. The van der Waals surface area contributed by atoms with Gasteiger partial charge in [-0.25, -0.2) is 24.7 Å². The van der Waals surface area contributed by atoms with E-state index in [4.69, 9.17) is 0 Å². The minimum Gasteiger partial charge on any atom is -0.346 e. The van der Waals surface area contributed by atoms with Crippen molar-refractivity contribution in [1.82, 2.24) is 49.9 Å². The summed E-state index contributed by atoms with van der Waals surface area (Å²) in [5.74, 6) is -1.21. The first-order chi connectivity index (χ1) is 19.8. The van der Waals surface area contributed by atoms with Gasteiger partial charge in [0, 0.05) is 35.3 Å². The van der Waals surface area contributed by atoms with Crippen LogP contribution in [-0.2, 0) is 9.63 Å². The lowest BCUT2D eigenvalue weighted by Gasteiger charge is -2.28. The average molecular weight is 586 g/mol. The largest absolute Gasteiger partial charge is 0.493 e. The Morgan fingerprint density at radius 2 is 1.98 bits per heavy atom. The second-order valence-electron chi connectivity index (χ2n) is 9.39. The van der Waals surface area contributed by atoms with Gasteiger partial charge < -0.3 is 14.8 Å². The van der Waals surface area contributed by atoms with Crippen LogP contribution in [0.2, 0.25) is 0 Å². The minimum absolute atomic E-state index is 0.284. The van der Waals surface area contributed by atoms with E-state index in [1.807, 2.05) is 34.8 Å². The molecule has 0 spiro atoms. The van der Waals surface area contributed by atoms with Crippen molar-refractivity contribution in [2.75, 3.05) is 11.2 Å². The van der Waals surface area contributed by atoms with Crippen molar-refractivity contribution in [2.45, 2.75) is 42.8 Å². The number of hydrogen-bond donors (Lipinski definition) is 3. The molecule has 0 unspecified atom stereocenters. The molecule has 1 saturated carbocycles. The molecule has 1 aliphatic carbocycles. The maximum atomic E-state index is 12.4. The van der Waals surface area contributed by atoms with E-state index in [0.29, 0.717) is 22.3 Å². The summed E-state index contributed by atoms with van der Waals surface area (Å²) in [6.45, 7) is 0. The van der Waals surface area contributed by atoms with E-state index in [-0.39, 0.29) is 12.0 Å². The first-order valence-corrected chi connectivity index (χ1v) is 13.6. The fourth-order valence-corrected chi connectivity index (χ4v) is 5.87. The molecule has 5 heterocycles. The first-order valence-electron chi connectivity index (χ1n) is 12.6. The Labute approximate surface area is 233 Å². The van der Waals surface area contributed by atoms with Crippen LogP contribution in [0.15, 0.2) is 48.4 Å². The molecule has 1 aliphatic rings. The smallest absolute Gasteiger partial charge is 0.346 e. The van der Waals surface area contributed by atoms with E-state index in [0.717, 1.165) is 53.7 Å². The summed E-state index contributed by atoms with van der Waals surface area (Å²) in [7, 11) is 0. The molecule has 41 heavy (non-hydrogen) atoms. The Kier molecular flexibility index (Phi) is 7.25. The van der Waals surface area contributed by atoms with Crippen molar-refractivity contribution in [3.8, 4) is 22.8 Å². The van der Waals surface area contributed by atoms with Gasteiger partial charge in [0.1, 0.15) is 24.0 Å². The summed E-state index contributed by atoms with van der Waals surface area (Å²) >= 11 is 1.52. The Morgan fingerprint density at radius 3 is 2.76 bits per heavy atom. The molecular formula is C24H22F3N11O2S. The van der Waals surface area contributed by atoms with E-state index >= 15 is 0 Å². The molecule has 17 heteroatoms. The predicted molar refractivity (Wildman–Crippen MR) is 140 cm³/mol. The molecular weight excluding hydrogens is 563 g/mol. The van der Waals surface area contributed by atoms with Crippen molar-refractivity contribution < 1.29 is 22.8 Å². The standard InChI is InChI=1S/C24H22F3N11O2S/c25-24(26,27)22(39)40-37-23-29-8-17(19(35-23)21-32-12-33-36-21)41-10-13-1-3-15(4-2-13)38-9-14(7-34-38)18-16-5-6-28-20(16)31-11-30-18/h5-9,11-13,15H,1-4,10H2,(H,28,30,31)(H,29,35,37)(H,32,33,36)/t13-,15+. The number of thioether (sulfide) groups is 1. The Hall–Kier alpha value is -4.54. The summed E-state index contributed by atoms with van der Waals surface area (Å²) in [6.07, 6.45) is 8.84. The van der Waals surface area contributed by atoms with Crippen LogP contribution in [0, 0.1) is 5.92 Å². The molecule has 5 aromatic rings. The maximum absolute atomic E-state index is 12.4. The number of rotatable bonds is 8. The van der Waals surface area contributed by atoms with Crippen LogP contribution >= 0.6 is 11.8 Å². The van der Waals surface area contributed by atoms with Crippen molar-refractivity contribution in [3.63, 3.8) is 0 Å².